The molecule has 1 aliphatic carbocycles. The molecule has 0 atom stereocenters. The van der Waals surface area contributed by atoms with Crippen molar-refractivity contribution >= 4 is 56.1 Å². The van der Waals surface area contributed by atoms with Gasteiger partial charge in [0.1, 0.15) is 4.99 Å². The number of thiophene rings is 1. The highest BCUT2D eigenvalue weighted by Gasteiger charge is 2.19. The lowest BCUT2D eigenvalue weighted by molar-refractivity contribution is 0.103. The van der Waals surface area contributed by atoms with Gasteiger partial charge in [0.25, 0.3) is 5.91 Å². The van der Waals surface area contributed by atoms with Crippen LogP contribution >= 0.6 is 39.5 Å². The fourth-order valence-electron chi connectivity index (χ4n) is 2.46. The molecular formula is C15H13BrN2OS2. The summed E-state index contributed by atoms with van der Waals surface area (Å²) in [6.07, 6.45) is 3.36. The third-order valence-electron chi connectivity index (χ3n) is 3.47. The van der Waals surface area contributed by atoms with Gasteiger partial charge in [0, 0.05) is 14.9 Å². The fraction of sp³-hybridized carbons (Fsp3) is 0.200. The Bertz CT molecular complexity index is 718. The summed E-state index contributed by atoms with van der Waals surface area (Å²) in [7, 11) is 0. The van der Waals surface area contributed by atoms with Crippen LogP contribution in [0.4, 0.5) is 5.69 Å². The number of amides is 1. The van der Waals surface area contributed by atoms with E-state index in [-0.39, 0.29) is 10.9 Å². The van der Waals surface area contributed by atoms with E-state index < -0.39 is 0 Å². The molecule has 0 saturated carbocycles. The molecule has 1 heterocycles. The van der Waals surface area contributed by atoms with Gasteiger partial charge in [-0.15, -0.1) is 11.3 Å². The van der Waals surface area contributed by atoms with E-state index in [9.17, 15) is 4.79 Å². The van der Waals surface area contributed by atoms with E-state index in [4.69, 9.17) is 18.0 Å². The standard InChI is InChI=1S/C15H13BrN2OS2/c16-9-4-5-10(14(17)20)11(7-9)18-15(19)13-6-8-2-1-3-12(8)21-13/h4-7H,1-3H2,(H2,17,20)(H,18,19). The first-order valence-electron chi connectivity index (χ1n) is 6.57. The van der Waals surface area contributed by atoms with Crippen molar-refractivity contribution in [3.63, 3.8) is 0 Å². The van der Waals surface area contributed by atoms with Gasteiger partial charge in [-0.2, -0.15) is 0 Å². The molecule has 3 N–H and O–H groups in total. The number of aryl methyl sites for hydroxylation is 2. The average molecular weight is 381 g/mol. The number of hydrogen-bond donors (Lipinski definition) is 2. The lowest BCUT2D eigenvalue weighted by Crippen LogP contribution is -2.17. The Kier molecular flexibility index (Phi) is 4.10. The first kappa shape index (κ1) is 14.7. The molecule has 1 aromatic carbocycles. The van der Waals surface area contributed by atoms with E-state index in [1.165, 1.54) is 16.9 Å². The molecule has 3 rings (SSSR count). The fourth-order valence-corrected chi connectivity index (χ4v) is 4.15. The molecule has 1 aliphatic rings. The predicted octanol–water partition coefficient (Wildman–Crippen LogP) is 3.89. The van der Waals surface area contributed by atoms with Crippen LogP contribution in [0.5, 0.6) is 0 Å². The van der Waals surface area contributed by atoms with Gasteiger partial charge in [0.2, 0.25) is 0 Å². The van der Waals surface area contributed by atoms with Crippen LogP contribution in [0, 0.1) is 0 Å². The lowest BCUT2D eigenvalue weighted by Gasteiger charge is -2.10. The monoisotopic (exact) mass is 380 g/mol. The van der Waals surface area contributed by atoms with Crippen molar-refractivity contribution in [3.8, 4) is 0 Å². The highest BCUT2D eigenvalue weighted by molar-refractivity contribution is 9.10. The molecular weight excluding hydrogens is 368 g/mol. The maximum atomic E-state index is 12.4. The highest BCUT2D eigenvalue weighted by Crippen LogP contribution is 2.31. The maximum absolute atomic E-state index is 12.4. The molecule has 6 heteroatoms. The number of carbonyl (C=O) groups is 1. The van der Waals surface area contributed by atoms with Gasteiger partial charge < -0.3 is 11.1 Å². The zero-order valence-corrected chi connectivity index (χ0v) is 14.3. The van der Waals surface area contributed by atoms with Crippen LogP contribution in [0.2, 0.25) is 0 Å². The van der Waals surface area contributed by atoms with Gasteiger partial charge in [-0.05, 0) is 49.1 Å². The summed E-state index contributed by atoms with van der Waals surface area (Å²) < 4.78 is 0.867. The van der Waals surface area contributed by atoms with Gasteiger partial charge >= 0.3 is 0 Å². The van der Waals surface area contributed by atoms with Crippen LogP contribution < -0.4 is 11.1 Å². The van der Waals surface area contributed by atoms with Gasteiger partial charge in [0.05, 0.1) is 10.6 Å². The van der Waals surface area contributed by atoms with Crippen molar-refractivity contribution in [2.45, 2.75) is 19.3 Å². The van der Waals surface area contributed by atoms with Gasteiger partial charge in [0.15, 0.2) is 0 Å². The number of benzene rings is 1. The highest BCUT2D eigenvalue weighted by atomic mass is 79.9. The van der Waals surface area contributed by atoms with Crippen molar-refractivity contribution in [2.24, 2.45) is 5.73 Å². The molecule has 2 aromatic rings. The third kappa shape index (κ3) is 3.02. The van der Waals surface area contributed by atoms with Crippen molar-refractivity contribution in [3.05, 3.63) is 49.6 Å². The van der Waals surface area contributed by atoms with E-state index in [0.717, 1.165) is 22.2 Å². The van der Waals surface area contributed by atoms with Crippen LogP contribution in [-0.2, 0) is 12.8 Å². The number of hydrogen-bond acceptors (Lipinski definition) is 3. The van der Waals surface area contributed by atoms with E-state index >= 15 is 0 Å². The normalized spacial score (nSPS) is 13.0. The second-order valence-electron chi connectivity index (χ2n) is 4.92. The number of halogens is 1. The summed E-state index contributed by atoms with van der Waals surface area (Å²) in [4.78, 5) is 14.8. The minimum absolute atomic E-state index is 0.106. The van der Waals surface area contributed by atoms with Crippen LogP contribution in [0.15, 0.2) is 28.7 Å². The summed E-state index contributed by atoms with van der Waals surface area (Å²) in [5.74, 6) is -0.106. The van der Waals surface area contributed by atoms with E-state index in [2.05, 4.69) is 21.2 Å². The van der Waals surface area contributed by atoms with Crippen LogP contribution in [-0.4, -0.2) is 10.9 Å². The zero-order chi connectivity index (χ0) is 15.0. The second-order valence-corrected chi connectivity index (χ2v) is 7.41. The minimum atomic E-state index is -0.106. The van der Waals surface area contributed by atoms with Crippen molar-refractivity contribution < 1.29 is 4.79 Å². The molecule has 3 nitrogen and oxygen atoms in total. The van der Waals surface area contributed by atoms with Crippen LogP contribution in [0.1, 0.15) is 32.1 Å². The van der Waals surface area contributed by atoms with Gasteiger partial charge in [-0.3, -0.25) is 4.79 Å². The molecule has 108 valence electrons. The smallest absolute Gasteiger partial charge is 0.265 e. The second kappa shape index (κ2) is 5.87. The van der Waals surface area contributed by atoms with Crippen LogP contribution in [0.3, 0.4) is 0 Å². The molecule has 0 radical (unpaired) electrons. The van der Waals surface area contributed by atoms with E-state index in [1.807, 2.05) is 18.2 Å². The molecule has 0 saturated heterocycles. The Morgan fingerprint density at radius 3 is 2.86 bits per heavy atom. The molecule has 1 aromatic heterocycles. The predicted molar refractivity (Wildman–Crippen MR) is 94.3 cm³/mol. The Hall–Kier alpha value is -1.24. The molecule has 0 bridgehead atoms. The van der Waals surface area contributed by atoms with Crippen LogP contribution in [0.25, 0.3) is 0 Å². The van der Waals surface area contributed by atoms with Gasteiger partial charge in [-0.25, -0.2) is 0 Å². The molecule has 21 heavy (non-hydrogen) atoms. The zero-order valence-electron chi connectivity index (χ0n) is 11.1. The summed E-state index contributed by atoms with van der Waals surface area (Å²) in [6.45, 7) is 0. The van der Waals surface area contributed by atoms with Crippen molar-refractivity contribution in [1.82, 2.24) is 0 Å². The Morgan fingerprint density at radius 1 is 1.33 bits per heavy atom. The molecule has 0 unspecified atom stereocenters. The number of thiocarbonyl (C=S) groups is 1. The third-order valence-corrected chi connectivity index (χ3v) is 5.41. The molecule has 0 spiro atoms. The lowest BCUT2D eigenvalue weighted by atomic mass is 10.1. The Labute approximate surface area is 140 Å². The molecule has 0 aliphatic heterocycles. The topological polar surface area (TPSA) is 55.1 Å². The number of carbonyl (C=O) groups excluding carboxylic acids is 1. The number of fused-ring (bicyclic) bond motifs is 1. The molecule has 1 amide bonds. The summed E-state index contributed by atoms with van der Waals surface area (Å²) in [6, 6.07) is 7.47. The first-order chi connectivity index (χ1) is 10.0. The Morgan fingerprint density at radius 2 is 2.14 bits per heavy atom. The SMILES string of the molecule is NC(=S)c1ccc(Br)cc1NC(=O)c1cc2c(s1)CCC2. The maximum Gasteiger partial charge on any atom is 0.265 e. The quantitative estimate of drug-likeness (QED) is 0.794. The molecule has 0 fully saturated rings. The first-order valence-corrected chi connectivity index (χ1v) is 8.58. The number of nitrogens with two attached hydrogens (primary N) is 1. The number of anilines is 1. The van der Waals surface area contributed by atoms with Gasteiger partial charge in [-0.1, -0.05) is 28.1 Å². The summed E-state index contributed by atoms with van der Waals surface area (Å²) in [5, 5.41) is 2.91. The summed E-state index contributed by atoms with van der Waals surface area (Å²) >= 11 is 10.0. The average Bonchev–Trinajstić information content (AvgIpc) is 2.98. The minimum Gasteiger partial charge on any atom is -0.389 e. The number of rotatable bonds is 3. The van der Waals surface area contributed by atoms with E-state index in [0.29, 0.717) is 11.3 Å². The number of nitrogens with one attached hydrogen (secondary N) is 1. The van der Waals surface area contributed by atoms with E-state index in [1.54, 1.807) is 17.4 Å². The largest absolute Gasteiger partial charge is 0.389 e. The Balaban J connectivity index is 1.87. The van der Waals surface area contributed by atoms with Crippen molar-refractivity contribution in [1.29, 1.82) is 0 Å². The summed E-state index contributed by atoms with van der Waals surface area (Å²) in [5.41, 5.74) is 8.33. The van der Waals surface area contributed by atoms with Crippen molar-refractivity contribution in [2.75, 3.05) is 5.32 Å².